The molecule has 0 saturated heterocycles. The van der Waals surface area contributed by atoms with E-state index in [1.807, 2.05) is 0 Å². The maximum absolute atomic E-state index is 13.3. The Hall–Kier alpha value is -2.63. The fourth-order valence-corrected chi connectivity index (χ4v) is 1.75. The molecular weight excluding hydrogens is 278 g/mol. The molecule has 1 amide bonds. The average Bonchev–Trinajstić information content (AvgIpc) is 2.43. The van der Waals surface area contributed by atoms with Crippen LogP contribution in [0.25, 0.3) is 0 Å². The Morgan fingerprint density at radius 2 is 2.05 bits per heavy atom. The monoisotopic (exact) mass is 292 g/mol. The van der Waals surface area contributed by atoms with E-state index in [2.05, 4.69) is 5.32 Å². The molecule has 0 saturated carbocycles. The highest BCUT2D eigenvalue weighted by atomic mass is 19.2. The Balaban J connectivity index is 1.97. The molecule has 0 aliphatic carbocycles. The van der Waals surface area contributed by atoms with Gasteiger partial charge in [0.2, 0.25) is 5.82 Å². The lowest BCUT2D eigenvalue weighted by Crippen LogP contribution is -2.21. The maximum atomic E-state index is 13.3. The summed E-state index contributed by atoms with van der Waals surface area (Å²) in [5, 5.41) is 2.61. The molecule has 0 aliphatic heterocycles. The quantitative estimate of drug-likeness (QED) is 0.852. The molecule has 0 bridgehead atoms. The highest BCUT2D eigenvalue weighted by Crippen LogP contribution is 2.20. The van der Waals surface area contributed by atoms with Gasteiger partial charge < -0.3 is 15.8 Å². The first-order chi connectivity index (χ1) is 9.97. The molecule has 2 aromatic carbocycles. The average molecular weight is 292 g/mol. The van der Waals surface area contributed by atoms with E-state index in [4.69, 9.17) is 10.5 Å². The van der Waals surface area contributed by atoms with Crippen molar-refractivity contribution in [1.29, 1.82) is 0 Å². The highest BCUT2D eigenvalue weighted by molar-refractivity contribution is 5.92. The van der Waals surface area contributed by atoms with Crippen molar-refractivity contribution < 1.29 is 18.3 Å². The van der Waals surface area contributed by atoms with Crippen molar-refractivity contribution in [1.82, 2.24) is 0 Å². The molecule has 0 fully saturated rings. The number of carbonyl (C=O) groups excluding carboxylic acids is 1. The molecular formula is C15H14F2N2O2. The molecule has 0 unspecified atom stereocenters. The molecule has 6 heteroatoms. The summed E-state index contributed by atoms with van der Waals surface area (Å²) in [6.07, 6.45) is 0. The van der Waals surface area contributed by atoms with Crippen LogP contribution in [-0.4, -0.2) is 12.5 Å². The van der Waals surface area contributed by atoms with E-state index >= 15 is 0 Å². The van der Waals surface area contributed by atoms with Crippen molar-refractivity contribution >= 4 is 17.3 Å². The molecule has 0 heterocycles. The largest absolute Gasteiger partial charge is 0.481 e. The van der Waals surface area contributed by atoms with Gasteiger partial charge in [0.05, 0.1) is 0 Å². The first-order valence-electron chi connectivity index (χ1n) is 6.20. The van der Waals surface area contributed by atoms with Gasteiger partial charge in [0.15, 0.2) is 18.2 Å². The Labute approximate surface area is 120 Å². The Bertz CT molecular complexity index is 675. The van der Waals surface area contributed by atoms with Gasteiger partial charge in [-0.25, -0.2) is 4.39 Å². The van der Waals surface area contributed by atoms with Crippen molar-refractivity contribution in [3.8, 4) is 5.75 Å². The van der Waals surface area contributed by atoms with Gasteiger partial charge in [-0.05, 0) is 42.8 Å². The van der Waals surface area contributed by atoms with Crippen LogP contribution < -0.4 is 15.8 Å². The minimum Gasteiger partial charge on any atom is -0.481 e. The smallest absolute Gasteiger partial charge is 0.262 e. The first kappa shape index (κ1) is 14.8. The summed E-state index contributed by atoms with van der Waals surface area (Å²) in [5.74, 6) is -2.93. The van der Waals surface area contributed by atoms with Gasteiger partial charge >= 0.3 is 0 Å². The van der Waals surface area contributed by atoms with Crippen molar-refractivity contribution in [3.05, 3.63) is 53.6 Å². The second-order valence-electron chi connectivity index (χ2n) is 4.46. The predicted octanol–water partition coefficient (Wildman–Crippen LogP) is 2.87. The number of benzene rings is 2. The lowest BCUT2D eigenvalue weighted by molar-refractivity contribution is -0.118. The topological polar surface area (TPSA) is 64.3 Å². The summed E-state index contributed by atoms with van der Waals surface area (Å²) >= 11 is 0. The van der Waals surface area contributed by atoms with Crippen LogP contribution in [0.5, 0.6) is 5.75 Å². The van der Waals surface area contributed by atoms with E-state index in [0.717, 1.165) is 11.6 Å². The number of halogens is 2. The number of nitrogens with two attached hydrogens (primary N) is 1. The Morgan fingerprint density at radius 1 is 1.29 bits per heavy atom. The molecule has 110 valence electrons. The van der Waals surface area contributed by atoms with Crippen LogP contribution in [-0.2, 0) is 4.79 Å². The van der Waals surface area contributed by atoms with Crippen molar-refractivity contribution in [2.75, 3.05) is 17.7 Å². The van der Waals surface area contributed by atoms with Crippen LogP contribution in [0.2, 0.25) is 0 Å². The fourth-order valence-electron chi connectivity index (χ4n) is 1.75. The number of hydrogen-bond acceptors (Lipinski definition) is 3. The summed E-state index contributed by atoms with van der Waals surface area (Å²) in [6, 6.07) is 8.54. The maximum Gasteiger partial charge on any atom is 0.262 e. The molecule has 2 rings (SSSR count). The summed E-state index contributed by atoms with van der Waals surface area (Å²) in [5.41, 5.74) is 7.57. The summed E-state index contributed by atoms with van der Waals surface area (Å²) in [7, 11) is 0. The van der Waals surface area contributed by atoms with Crippen LogP contribution in [0.15, 0.2) is 36.4 Å². The molecule has 0 aliphatic rings. The van der Waals surface area contributed by atoms with E-state index < -0.39 is 24.1 Å². The minimum absolute atomic E-state index is 0.306. The summed E-state index contributed by atoms with van der Waals surface area (Å²) in [6.45, 7) is 1.36. The second kappa shape index (κ2) is 6.21. The van der Waals surface area contributed by atoms with Crippen LogP contribution in [0.4, 0.5) is 20.2 Å². The van der Waals surface area contributed by atoms with Crippen LogP contribution in [0, 0.1) is 18.6 Å². The number of rotatable bonds is 4. The molecule has 0 radical (unpaired) electrons. The predicted molar refractivity (Wildman–Crippen MR) is 76.1 cm³/mol. The SMILES string of the molecule is Cc1cc(N)ccc1NC(=O)COc1cccc(F)c1F. The van der Waals surface area contributed by atoms with Crippen molar-refractivity contribution in [2.24, 2.45) is 0 Å². The third-order valence-electron chi connectivity index (χ3n) is 2.80. The van der Waals surface area contributed by atoms with Gasteiger partial charge in [-0.15, -0.1) is 0 Å². The lowest BCUT2D eigenvalue weighted by Gasteiger charge is -2.10. The lowest BCUT2D eigenvalue weighted by atomic mass is 10.2. The van der Waals surface area contributed by atoms with Crippen LogP contribution in [0.3, 0.4) is 0 Å². The number of carbonyl (C=O) groups is 1. The molecule has 21 heavy (non-hydrogen) atoms. The van der Waals surface area contributed by atoms with Gasteiger partial charge in [0.1, 0.15) is 0 Å². The van der Waals surface area contributed by atoms with E-state index in [1.54, 1.807) is 25.1 Å². The number of nitrogens with one attached hydrogen (secondary N) is 1. The van der Waals surface area contributed by atoms with Gasteiger partial charge in [-0.1, -0.05) is 6.07 Å². The zero-order valence-electron chi connectivity index (χ0n) is 11.3. The zero-order chi connectivity index (χ0) is 15.4. The first-order valence-corrected chi connectivity index (χ1v) is 6.20. The summed E-state index contributed by atoms with van der Waals surface area (Å²) < 4.78 is 31.3. The molecule has 4 nitrogen and oxygen atoms in total. The normalized spacial score (nSPS) is 10.2. The third-order valence-corrected chi connectivity index (χ3v) is 2.80. The molecule has 0 aromatic heterocycles. The molecule has 2 aromatic rings. The van der Waals surface area contributed by atoms with Gasteiger partial charge in [0, 0.05) is 11.4 Å². The number of amides is 1. The van der Waals surface area contributed by atoms with Gasteiger partial charge in [0.25, 0.3) is 5.91 Å². The number of hydrogen-bond donors (Lipinski definition) is 2. The molecule has 0 spiro atoms. The van der Waals surface area contributed by atoms with Crippen molar-refractivity contribution in [2.45, 2.75) is 6.92 Å². The van der Waals surface area contributed by atoms with Crippen LogP contribution in [0.1, 0.15) is 5.56 Å². The van der Waals surface area contributed by atoms with Crippen molar-refractivity contribution in [3.63, 3.8) is 0 Å². The fraction of sp³-hybridized carbons (Fsp3) is 0.133. The highest BCUT2D eigenvalue weighted by Gasteiger charge is 2.11. The summed E-state index contributed by atoms with van der Waals surface area (Å²) in [4.78, 5) is 11.7. The zero-order valence-corrected chi connectivity index (χ0v) is 11.3. The van der Waals surface area contributed by atoms with E-state index in [0.29, 0.717) is 11.4 Å². The van der Waals surface area contributed by atoms with Gasteiger partial charge in [-0.3, -0.25) is 4.79 Å². The van der Waals surface area contributed by atoms with Crippen LogP contribution >= 0.6 is 0 Å². The number of anilines is 2. The van der Waals surface area contributed by atoms with E-state index in [1.165, 1.54) is 12.1 Å². The van der Waals surface area contributed by atoms with E-state index in [9.17, 15) is 13.6 Å². The standard InChI is InChI=1S/C15H14F2N2O2/c1-9-7-10(18)5-6-12(9)19-14(20)8-21-13-4-2-3-11(16)15(13)17/h2-7H,8,18H2,1H3,(H,19,20). The molecule has 0 atom stereocenters. The number of aryl methyl sites for hydroxylation is 1. The third kappa shape index (κ3) is 3.68. The minimum atomic E-state index is -1.12. The number of ether oxygens (including phenoxy) is 1. The van der Waals surface area contributed by atoms with E-state index in [-0.39, 0.29) is 5.75 Å². The molecule has 3 N–H and O–H groups in total. The Kier molecular flexibility index (Phi) is 4.37. The number of nitrogen functional groups attached to an aromatic ring is 1. The van der Waals surface area contributed by atoms with Gasteiger partial charge in [-0.2, -0.15) is 4.39 Å². The second-order valence-corrected chi connectivity index (χ2v) is 4.46. The Morgan fingerprint density at radius 3 is 2.76 bits per heavy atom.